The highest BCUT2D eigenvalue weighted by atomic mass is 127. The standard InChI is InChI=1S/C19H21IN2O3/c1-12(2)17(19(24)21-15-8-6-14(20)7-9-15)22-18(23)13-4-10-16(25-3)11-5-13/h4-12,17H,1-3H3,(H,21,24)(H,22,23)/t17-/m1/s1. The van der Waals surface area contributed by atoms with Crippen molar-refractivity contribution in [3.8, 4) is 5.75 Å². The third-order valence-corrected chi connectivity index (χ3v) is 4.42. The SMILES string of the molecule is COc1ccc(C(=O)N[C@@H](C(=O)Nc2ccc(I)cc2)C(C)C)cc1. The normalized spacial score (nSPS) is 11.7. The zero-order valence-electron chi connectivity index (χ0n) is 14.4. The van der Waals surface area contributed by atoms with Gasteiger partial charge < -0.3 is 15.4 Å². The Morgan fingerprint density at radius 2 is 1.60 bits per heavy atom. The number of anilines is 1. The zero-order valence-corrected chi connectivity index (χ0v) is 16.5. The second-order valence-electron chi connectivity index (χ2n) is 5.92. The van der Waals surface area contributed by atoms with Crippen LogP contribution in [-0.2, 0) is 4.79 Å². The van der Waals surface area contributed by atoms with E-state index < -0.39 is 6.04 Å². The molecule has 2 aromatic carbocycles. The molecule has 0 aliphatic carbocycles. The number of nitrogens with one attached hydrogen (secondary N) is 2. The van der Waals surface area contributed by atoms with E-state index in [4.69, 9.17) is 4.74 Å². The molecular formula is C19H21IN2O3. The van der Waals surface area contributed by atoms with Gasteiger partial charge in [0.25, 0.3) is 5.91 Å². The van der Waals surface area contributed by atoms with Crippen molar-refractivity contribution in [1.82, 2.24) is 5.32 Å². The topological polar surface area (TPSA) is 67.4 Å². The van der Waals surface area contributed by atoms with Crippen LogP contribution in [0.5, 0.6) is 5.75 Å². The first-order valence-electron chi connectivity index (χ1n) is 7.92. The van der Waals surface area contributed by atoms with Gasteiger partial charge in [-0.25, -0.2) is 0 Å². The van der Waals surface area contributed by atoms with Crippen LogP contribution in [0.4, 0.5) is 5.69 Å². The van der Waals surface area contributed by atoms with E-state index in [1.807, 2.05) is 38.1 Å². The molecule has 0 saturated heterocycles. The van der Waals surface area contributed by atoms with Gasteiger partial charge in [-0.15, -0.1) is 0 Å². The summed E-state index contributed by atoms with van der Waals surface area (Å²) in [6.07, 6.45) is 0. The number of hydrogen-bond donors (Lipinski definition) is 2. The van der Waals surface area contributed by atoms with Crippen molar-refractivity contribution >= 4 is 40.1 Å². The Kier molecular flexibility index (Phi) is 6.81. The van der Waals surface area contributed by atoms with Gasteiger partial charge in [0.1, 0.15) is 11.8 Å². The summed E-state index contributed by atoms with van der Waals surface area (Å²) in [7, 11) is 1.57. The molecule has 2 aromatic rings. The van der Waals surface area contributed by atoms with Gasteiger partial charge >= 0.3 is 0 Å². The molecule has 0 aliphatic rings. The Hall–Kier alpha value is -2.09. The highest BCUT2D eigenvalue weighted by Gasteiger charge is 2.24. The van der Waals surface area contributed by atoms with Crippen molar-refractivity contribution in [3.05, 3.63) is 57.7 Å². The largest absolute Gasteiger partial charge is 0.497 e. The van der Waals surface area contributed by atoms with Crippen LogP contribution >= 0.6 is 22.6 Å². The van der Waals surface area contributed by atoms with E-state index in [0.29, 0.717) is 17.0 Å². The Morgan fingerprint density at radius 1 is 1.00 bits per heavy atom. The third kappa shape index (κ3) is 5.45. The van der Waals surface area contributed by atoms with Gasteiger partial charge in [0.2, 0.25) is 5.91 Å². The number of halogens is 1. The summed E-state index contributed by atoms with van der Waals surface area (Å²) >= 11 is 2.20. The molecule has 2 rings (SSSR count). The maximum atomic E-state index is 12.6. The molecule has 0 saturated carbocycles. The first-order chi connectivity index (χ1) is 11.9. The summed E-state index contributed by atoms with van der Waals surface area (Å²) in [6.45, 7) is 3.79. The van der Waals surface area contributed by atoms with Crippen LogP contribution in [0.1, 0.15) is 24.2 Å². The fourth-order valence-electron chi connectivity index (χ4n) is 2.26. The number of amides is 2. The van der Waals surface area contributed by atoms with Gasteiger partial charge in [-0.3, -0.25) is 9.59 Å². The lowest BCUT2D eigenvalue weighted by Gasteiger charge is -2.22. The van der Waals surface area contributed by atoms with E-state index in [-0.39, 0.29) is 17.7 Å². The van der Waals surface area contributed by atoms with Crippen molar-refractivity contribution < 1.29 is 14.3 Å². The van der Waals surface area contributed by atoms with Crippen molar-refractivity contribution in [1.29, 1.82) is 0 Å². The highest BCUT2D eigenvalue weighted by Crippen LogP contribution is 2.14. The van der Waals surface area contributed by atoms with Crippen molar-refractivity contribution in [2.24, 2.45) is 5.92 Å². The molecule has 0 unspecified atom stereocenters. The molecule has 0 aliphatic heterocycles. The monoisotopic (exact) mass is 452 g/mol. The molecule has 0 spiro atoms. The molecule has 0 bridgehead atoms. The summed E-state index contributed by atoms with van der Waals surface area (Å²) in [4.78, 5) is 25.0. The first-order valence-corrected chi connectivity index (χ1v) is 9.00. The second kappa shape index (κ2) is 8.84. The Labute approximate surface area is 161 Å². The van der Waals surface area contributed by atoms with E-state index in [1.54, 1.807) is 31.4 Å². The minimum Gasteiger partial charge on any atom is -0.497 e. The van der Waals surface area contributed by atoms with Crippen LogP contribution in [0.3, 0.4) is 0 Å². The average molecular weight is 452 g/mol. The number of rotatable bonds is 6. The molecule has 0 aromatic heterocycles. The van der Waals surface area contributed by atoms with Crippen molar-refractivity contribution in [2.75, 3.05) is 12.4 Å². The van der Waals surface area contributed by atoms with Gasteiger partial charge in [0.05, 0.1) is 7.11 Å². The quantitative estimate of drug-likeness (QED) is 0.658. The van der Waals surface area contributed by atoms with E-state index in [1.165, 1.54) is 0 Å². The third-order valence-electron chi connectivity index (χ3n) is 3.70. The second-order valence-corrected chi connectivity index (χ2v) is 7.17. The first kappa shape index (κ1) is 19.2. The summed E-state index contributed by atoms with van der Waals surface area (Å²) in [5.41, 5.74) is 1.18. The fraction of sp³-hybridized carbons (Fsp3) is 0.263. The van der Waals surface area contributed by atoms with Crippen molar-refractivity contribution in [2.45, 2.75) is 19.9 Å². The van der Waals surface area contributed by atoms with Crippen LogP contribution in [0.15, 0.2) is 48.5 Å². The van der Waals surface area contributed by atoms with Gasteiger partial charge in [-0.05, 0) is 77.0 Å². The smallest absolute Gasteiger partial charge is 0.251 e. The number of carbonyl (C=O) groups is 2. The molecule has 5 nitrogen and oxygen atoms in total. The van der Waals surface area contributed by atoms with E-state index in [9.17, 15) is 9.59 Å². The molecule has 132 valence electrons. The highest BCUT2D eigenvalue weighted by molar-refractivity contribution is 14.1. The molecule has 1 atom stereocenters. The molecule has 0 heterocycles. The van der Waals surface area contributed by atoms with Crippen LogP contribution in [-0.4, -0.2) is 25.0 Å². The maximum absolute atomic E-state index is 12.6. The minimum absolute atomic E-state index is 0.0500. The predicted molar refractivity (Wildman–Crippen MR) is 107 cm³/mol. The Bertz CT molecular complexity index is 727. The summed E-state index contributed by atoms with van der Waals surface area (Å²) in [5.74, 6) is 0.0941. The summed E-state index contributed by atoms with van der Waals surface area (Å²) in [6, 6.07) is 13.6. The number of hydrogen-bond acceptors (Lipinski definition) is 3. The lowest BCUT2D eigenvalue weighted by Crippen LogP contribution is -2.47. The van der Waals surface area contributed by atoms with E-state index >= 15 is 0 Å². The Morgan fingerprint density at radius 3 is 2.12 bits per heavy atom. The molecule has 0 radical (unpaired) electrons. The lowest BCUT2D eigenvalue weighted by molar-refractivity contribution is -0.118. The maximum Gasteiger partial charge on any atom is 0.251 e. The predicted octanol–water partition coefficient (Wildman–Crippen LogP) is 3.69. The van der Waals surface area contributed by atoms with Gasteiger partial charge in [-0.1, -0.05) is 13.8 Å². The minimum atomic E-state index is -0.631. The van der Waals surface area contributed by atoms with Crippen molar-refractivity contribution in [3.63, 3.8) is 0 Å². The summed E-state index contributed by atoms with van der Waals surface area (Å²) < 4.78 is 6.17. The van der Waals surface area contributed by atoms with E-state index in [0.717, 1.165) is 3.57 Å². The number of benzene rings is 2. The fourth-order valence-corrected chi connectivity index (χ4v) is 2.61. The summed E-state index contributed by atoms with van der Waals surface area (Å²) in [5, 5.41) is 5.66. The van der Waals surface area contributed by atoms with Crippen LogP contribution < -0.4 is 15.4 Å². The molecule has 2 amide bonds. The number of methoxy groups -OCH3 is 1. The van der Waals surface area contributed by atoms with Gasteiger partial charge in [0.15, 0.2) is 0 Å². The molecule has 6 heteroatoms. The molecule has 25 heavy (non-hydrogen) atoms. The van der Waals surface area contributed by atoms with Crippen LogP contribution in [0.2, 0.25) is 0 Å². The molecule has 2 N–H and O–H groups in total. The average Bonchev–Trinajstić information content (AvgIpc) is 2.61. The molecular weight excluding hydrogens is 431 g/mol. The number of ether oxygens (including phenoxy) is 1. The van der Waals surface area contributed by atoms with E-state index in [2.05, 4.69) is 33.2 Å². The molecule has 0 fully saturated rings. The van der Waals surface area contributed by atoms with Gasteiger partial charge in [-0.2, -0.15) is 0 Å². The van der Waals surface area contributed by atoms with Gasteiger partial charge in [0, 0.05) is 14.8 Å². The lowest BCUT2D eigenvalue weighted by atomic mass is 10.0. The zero-order chi connectivity index (χ0) is 18.4. The van der Waals surface area contributed by atoms with Crippen LogP contribution in [0.25, 0.3) is 0 Å². The Balaban J connectivity index is 2.07. The van der Waals surface area contributed by atoms with Crippen LogP contribution in [0, 0.1) is 9.49 Å². The number of carbonyl (C=O) groups excluding carboxylic acids is 2.